The Hall–Kier alpha value is -1.89. The number of aliphatic hydroxyl groups is 1. The number of piperidine rings is 1. The van der Waals surface area contributed by atoms with Crippen LogP contribution < -0.4 is 9.64 Å². The molecule has 28 heavy (non-hydrogen) atoms. The Morgan fingerprint density at radius 1 is 1.39 bits per heavy atom. The maximum Gasteiger partial charge on any atom is 0.224 e. The minimum atomic E-state index is -0.855. The second-order valence-electron chi connectivity index (χ2n) is 8.92. The van der Waals surface area contributed by atoms with Crippen molar-refractivity contribution in [2.45, 2.75) is 43.6 Å². The Bertz CT molecular complexity index is 899. The van der Waals surface area contributed by atoms with E-state index >= 15 is 0 Å². The van der Waals surface area contributed by atoms with Gasteiger partial charge < -0.3 is 19.5 Å². The first-order chi connectivity index (χ1) is 13.6. The molecule has 1 spiro atoms. The standard InChI is InChI=1S/C22H26N2O4/c1-12(25)24-17-9-14(27-2)3-4-16(17)22-6-7-23-11-13-5-8-28-21(26)19(20(22)24)15(13)10-18(22)23/h3-5,9,15,18-21,26H,6-8,10-11H2,1-2H3/t15-,18+,19+,20+,21+,22+/m0/s1. The van der Waals surface area contributed by atoms with E-state index in [9.17, 15) is 9.90 Å². The molecule has 4 heterocycles. The quantitative estimate of drug-likeness (QED) is 0.749. The molecule has 3 fully saturated rings. The first kappa shape index (κ1) is 17.0. The van der Waals surface area contributed by atoms with Crippen LogP contribution in [-0.2, 0) is 14.9 Å². The second-order valence-corrected chi connectivity index (χ2v) is 8.92. The molecule has 2 saturated heterocycles. The second kappa shape index (κ2) is 5.59. The third-order valence-electron chi connectivity index (χ3n) is 8.07. The van der Waals surface area contributed by atoms with E-state index in [2.05, 4.69) is 17.0 Å². The number of carbonyl (C=O) groups is 1. The van der Waals surface area contributed by atoms with E-state index in [-0.39, 0.29) is 29.2 Å². The SMILES string of the molecule is COc1ccc2c(c1)N(C(C)=O)[C@@H]1[C@@H]3[C@H](O)OCC=C4CN5CC[C@]21[C@H]5C[C@@H]43. The van der Waals surface area contributed by atoms with Gasteiger partial charge >= 0.3 is 0 Å². The first-order valence-electron chi connectivity index (χ1n) is 10.3. The topological polar surface area (TPSA) is 62.2 Å². The first-order valence-corrected chi connectivity index (χ1v) is 10.3. The Morgan fingerprint density at radius 2 is 2.25 bits per heavy atom. The van der Waals surface area contributed by atoms with Crippen LogP contribution in [0.15, 0.2) is 29.8 Å². The zero-order valence-corrected chi connectivity index (χ0v) is 16.3. The van der Waals surface area contributed by atoms with Gasteiger partial charge in [-0.25, -0.2) is 0 Å². The van der Waals surface area contributed by atoms with E-state index in [1.807, 2.05) is 17.0 Å². The molecule has 1 saturated carbocycles. The minimum Gasteiger partial charge on any atom is -0.497 e. The monoisotopic (exact) mass is 382 g/mol. The number of carbonyl (C=O) groups excluding carboxylic acids is 1. The van der Waals surface area contributed by atoms with E-state index in [1.165, 1.54) is 11.1 Å². The molecule has 5 aliphatic rings. The molecule has 1 aromatic rings. The van der Waals surface area contributed by atoms with Crippen molar-refractivity contribution in [3.8, 4) is 5.75 Å². The third-order valence-corrected chi connectivity index (χ3v) is 8.07. The van der Waals surface area contributed by atoms with Crippen molar-refractivity contribution in [1.29, 1.82) is 0 Å². The number of rotatable bonds is 1. The number of fused-ring (bicyclic) bond motifs is 2. The van der Waals surface area contributed by atoms with Crippen molar-refractivity contribution in [3.63, 3.8) is 0 Å². The maximum absolute atomic E-state index is 12.9. The van der Waals surface area contributed by atoms with E-state index in [4.69, 9.17) is 9.47 Å². The van der Waals surface area contributed by atoms with Crippen LogP contribution in [0, 0.1) is 11.8 Å². The lowest BCUT2D eigenvalue weighted by Gasteiger charge is -2.56. The van der Waals surface area contributed by atoms with E-state index in [1.54, 1.807) is 14.0 Å². The molecule has 6 rings (SSSR count). The number of aliphatic hydroxyl groups excluding tert-OH is 1. The van der Waals surface area contributed by atoms with Gasteiger partial charge in [0, 0.05) is 36.9 Å². The van der Waals surface area contributed by atoms with Crippen molar-refractivity contribution in [3.05, 3.63) is 35.4 Å². The summed E-state index contributed by atoms with van der Waals surface area (Å²) in [6, 6.07) is 6.48. The molecule has 0 unspecified atom stereocenters. The Morgan fingerprint density at radius 3 is 3.04 bits per heavy atom. The molecule has 6 nitrogen and oxygen atoms in total. The molecule has 1 aromatic carbocycles. The molecule has 0 aromatic heterocycles. The average Bonchev–Trinajstić information content (AvgIpc) is 3.15. The summed E-state index contributed by atoms with van der Waals surface area (Å²) in [5.41, 5.74) is 3.43. The van der Waals surface area contributed by atoms with Gasteiger partial charge in [0.2, 0.25) is 5.91 Å². The summed E-state index contributed by atoms with van der Waals surface area (Å²) in [7, 11) is 1.66. The van der Waals surface area contributed by atoms with Gasteiger partial charge in [0.25, 0.3) is 0 Å². The van der Waals surface area contributed by atoms with Crippen LogP contribution in [0.3, 0.4) is 0 Å². The van der Waals surface area contributed by atoms with Crippen LogP contribution in [0.5, 0.6) is 5.75 Å². The molecule has 1 N–H and O–H groups in total. The molecule has 4 aliphatic heterocycles. The highest BCUT2D eigenvalue weighted by molar-refractivity contribution is 5.96. The number of hydrogen-bond acceptors (Lipinski definition) is 5. The summed E-state index contributed by atoms with van der Waals surface area (Å²) in [4.78, 5) is 17.5. The van der Waals surface area contributed by atoms with Gasteiger partial charge in [-0.2, -0.15) is 0 Å². The van der Waals surface area contributed by atoms with Gasteiger partial charge in [0.15, 0.2) is 6.29 Å². The third kappa shape index (κ3) is 1.86. The number of hydrogen-bond donors (Lipinski definition) is 1. The molecule has 1 aliphatic carbocycles. The summed E-state index contributed by atoms with van der Waals surface area (Å²) in [5.74, 6) is 0.952. The predicted molar refractivity (Wildman–Crippen MR) is 103 cm³/mol. The lowest BCUT2D eigenvalue weighted by atomic mass is 9.55. The van der Waals surface area contributed by atoms with Crippen molar-refractivity contribution < 1.29 is 19.4 Å². The highest BCUT2D eigenvalue weighted by Crippen LogP contribution is 2.64. The van der Waals surface area contributed by atoms with Gasteiger partial charge in [0.1, 0.15) is 5.75 Å². The summed E-state index contributed by atoms with van der Waals surface area (Å²) >= 11 is 0. The van der Waals surface area contributed by atoms with Gasteiger partial charge in [0.05, 0.1) is 25.4 Å². The van der Waals surface area contributed by atoms with Crippen molar-refractivity contribution in [1.82, 2.24) is 4.90 Å². The molecule has 6 atom stereocenters. The smallest absolute Gasteiger partial charge is 0.224 e. The van der Waals surface area contributed by atoms with Crippen LogP contribution in [0.25, 0.3) is 0 Å². The number of methoxy groups -OCH3 is 1. The fourth-order valence-corrected chi connectivity index (χ4v) is 7.14. The minimum absolute atomic E-state index is 0.0248. The molecule has 0 radical (unpaired) electrons. The Labute approximate surface area is 164 Å². The highest BCUT2D eigenvalue weighted by atomic mass is 16.6. The van der Waals surface area contributed by atoms with Crippen molar-refractivity contribution in [2.24, 2.45) is 11.8 Å². The van der Waals surface area contributed by atoms with Crippen molar-refractivity contribution >= 4 is 11.6 Å². The Kier molecular flexibility index (Phi) is 3.39. The maximum atomic E-state index is 12.9. The van der Waals surface area contributed by atoms with Crippen molar-refractivity contribution in [2.75, 3.05) is 31.7 Å². The van der Waals surface area contributed by atoms with E-state index < -0.39 is 6.29 Å². The predicted octanol–water partition coefficient (Wildman–Crippen LogP) is 1.67. The number of amides is 1. The van der Waals surface area contributed by atoms with Crippen LogP contribution in [0.2, 0.25) is 0 Å². The fourth-order valence-electron chi connectivity index (χ4n) is 7.14. The molecule has 6 heteroatoms. The summed E-state index contributed by atoms with van der Waals surface area (Å²) in [5, 5.41) is 11.0. The summed E-state index contributed by atoms with van der Waals surface area (Å²) in [6.45, 7) is 4.08. The van der Waals surface area contributed by atoms with Gasteiger partial charge in [-0.05, 0) is 36.9 Å². The Balaban J connectivity index is 1.62. The molecule has 148 valence electrons. The van der Waals surface area contributed by atoms with Crippen LogP contribution in [-0.4, -0.2) is 61.1 Å². The highest BCUT2D eigenvalue weighted by Gasteiger charge is 2.69. The van der Waals surface area contributed by atoms with E-state index in [0.29, 0.717) is 12.6 Å². The van der Waals surface area contributed by atoms with Gasteiger partial charge in [-0.1, -0.05) is 17.7 Å². The zero-order chi connectivity index (χ0) is 19.2. The average molecular weight is 382 g/mol. The number of nitrogens with zero attached hydrogens (tertiary/aromatic N) is 2. The molecular weight excluding hydrogens is 356 g/mol. The zero-order valence-electron chi connectivity index (χ0n) is 16.3. The van der Waals surface area contributed by atoms with Gasteiger partial charge in [-0.15, -0.1) is 0 Å². The van der Waals surface area contributed by atoms with Crippen LogP contribution in [0.4, 0.5) is 5.69 Å². The van der Waals surface area contributed by atoms with E-state index in [0.717, 1.165) is 37.4 Å². The van der Waals surface area contributed by atoms with Gasteiger partial charge in [-0.3, -0.25) is 9.69 Å². The normalized spacial score (nSPS) is 40.5. The van der Waals surface area contributed by atoms with Crippen LogP contribution in [0.1, 0.15) is 25.3 Å². The lowest BCUT2D eigenvalue weighted by molar-refractivity contribution is -0.156. The molecule has 2 bridgehead atoms. The number of benzene rings is 1. The summed E-state index contributed by atoms with van der Waals surface area (Å²) in [6.07, 6.45) is 3.35. The largest absolute Gasteiger partial charge is 0.497 e. The number of anilines is 1. The number of ether oxygens (including phenoxy) is 2. The summed E-state index contributed by atoms with van der Waals surface area (Å²) < 4.78 is 11.3. The van der Waals surface area contributed by atoms with Crippen LogP contribution >= 0.6 is 0 Å². The lowest BCUT2D eigenvalue weighted by Crippen LogP contribution is -2.66. The molecular formula is C22H26N2O4. The molecule has 1 amide bonds. The fraction of sp³-hybridized carbons (Fsp3) is 0.591.